The van der Waals surface area contributed by atoms with E-state index in [0.29, 0.717) is 24.4 Å². The highest BCUT2D eigenvalue weighted by atomic mass is 32.2. The molecule has 1 aromatic carbocycles. The van der Waals surface area contributed by atoms with Crippen molar-refractivity contribution in [1.29, 1.82) is 0 Å². The van der Waals surface area contributed by atoms with Gasteiger partial charge in [0.15, 0.2) is 0 Å². The Labute approximate surface area is 144 Å². The topological polar surface area (TPSA) is 62.6 Å². The number of furan rings is 1. The molecule has 2 amide bonds. The third kappa shape index (κ3) is 4.08. The summed E-state index contributed by atoms with van der Waals surface area (Å²) in [6, 6.07) is 12.3. The number of benzene rings is 1. The Morgan fingerprint density at radius 3 is 2.50 bits per heavy atom. The van der Waals surface area contributed by atoms with Crippen molar-refractivity contribution in [1.82, 2.24) is 10.2 Å². The first-order valence-electron chi connectivity index (χ1n) is 7.72. The molecule has 0 radical (unpaired) electrons. The summed E-state index contributed by atoms with van der Waals surface area (Å²) in [4.78, 5) is 27.0. The zero-order valence-electron chi connectivity index (χ0n) is 13.1. The summed E-state index contributed by atoms with van der Waals surface area (Å²) in [5.41, 5.74) is 0.732. The van der Waals surface area contributed by atoms with Crippen molar-refractivity contribution in [2.24, 2.45) is 0 Å². The van der Waals surface area contributed by atoms with Crippen LogP contribution in [0.25, 0.3) is 6.08 Å². The van der Waals surface area contributed by atoms with Crippen LogP contribution in [0.15, 0.2) is 58.8 Å². The SMILES string of the molecule is O=C(N/C(=C/c1ccco1)C(=O)N1CCSCC1)c1ccccc1. The summed E-state index contributed by atoms with van der Waals surface area (Å²) < 4.78 is 5.29. The van der Waals surface area contributed by atoms with Crippen LogP contribution in [0.5, 0.6) is 0 Å². The minimum absolute atomic E-state index is 0.184. The van der Waals surface area contributed by atoms with Gasteiger partial charge in [-0.05, 0) is 24.3 Å². The number of rotatable bonds is 4. The van der Waals surface area contributed by atoms with E-state index in [0.717, 1.165) is 11.5 Å². The summed E-state index contributed by atoms with van der Waals surface area (Å²) in [5.74, 6) is 1.85. The van der Waals surface area contributed by atoms with E-state index in [1.807, 2.05) is 17.8 Å². The molecule has 3 rings (SSSR count). The Hall–Kier alpha value is -2.47. The molecule has 1 fully saturated rings. The van der Waals surface area contributed by atoms with Crippen LogP contribution in [0, 0.1) is 0 Å². The van der Waals surface area contributed by atoms with Crippen molar-refractivity contribution >= 4 is 29.7 Å². The number of hydrogen-bond donors (Lipinski definition) is 1. The predicted octanol–water partition coefficient (Wildman–Crippen LogP) is 2.63. The average molecular weight is 342 g/mol. The van der Waals surface area contributed by atoms with E-state index in [1.54, 1.807) is 47.4 Å². The first-order chi connectivity index (χ1) is 11.7. The molecule has 124 valence electrons. The normalized spacial score (nSPS) is 15.2. The highest BCUT2D eigenvalue weighted by Crippen LogP contribution is 2.14. The Kier molecular flexibility index (Phi) is 5.38. The summed E-state index contributed by atoms with van der Waals surface area (Å²) in [7, 11) is 0. The van der Waals surface area contributed by atoms with E-state index >= 15 is 0 Å². The number of nitrogens with zero attached hydrogens (tertiary/aromatic N) is 1. The van der Waals surface area contributed by atoms with Crippen LogP contribution in [-0.4, -0.2) is 41.3 Å². The molecule has 0 saturated carbocycles. The molecule has 2 aromatic rings. The van der Waals surface area contributed by atoms with Gasteiger partial charge in [0.05, 0.1) is 6.26 Å². The molecule has 0 atom stereocenters. The Morgan fingerprint density at radius 2 is 1.83 bits per heavy atom. The zero-order chi connectivity index (χ0) is 16.8. The maximum Gasteiger partial charge on any atom is 0.270 e. The van der Waals surface area contributed by atoms with Crippen LogP contribution in [0.3, 0.4) is 0 Å². The fourth-order valence-corrected chi connectivity index (χ4v) is 3.29. The number of nitrogens with one attached hydrogen (secondary N) is 1. The molecule has 0 bridgehead atoms. The lowest BCUT2D eigenvalue weighted by molar-refractivity contribution is -0.127. The van der Waals surface area contributed by atoms with Gasteiger partial charge in [0, 0.05) is 36.2 Å². The van der Waals surface area contributed by atoms with Gasteiger partial charge in [-0.25, -0.2) is 0 Å². The van der Waals surface area contributed by atoms with Gasteiger partial charge in [0.2, 0.25) is 0 Å². The van der Waals surface area contributed by atoms with Gasteiger partial charge in [0.25, 0.3) is 11.8 Å². The Morgan fingerprint density at radius 1 is 1.08 bits per heavy atom. The van der Waals surface area contributed by atoms with Gasteiger partial charge in [-0.1, -0.05) is 18.2 Å². The van der Waals surface area contributed by atoms with Gasteiger partial charge in [-0.15, -0.1) is 0 Å². The molecule has 5 nitrogen and oxygen atoms in total. The summed E-state index contributed by atoms with van der Waals surface area (Å²) in [6.45, 7) is 1.36. The predicted molar refractivity (Wildman–Crippen MR) is 94.5 cm³/mol. The highest BCUT2D eigenvalue weighted by molar-refractivity contribution is 7.99. The lowest BCUT2D eigenvalue weighted by Crippen LogP contribution is -2.42. The van der Waals surface area contributed by atoms with Crippen LogP contribution in [-0.2, 0) is 4.79 Å². The molecule has 1 aromatic heterocycles. The number of carbonyl (C=O) groups excluding carboxylic acids is 2. The second kappa shape index (κ2) is 7.88. The fourth-order valence-electron chi connectivity index (χ4n) is 2.39. The molecular formula is C18H18N2O3S. The molecule has 2 heterocycles. The van der Waals surface area contributed by atoms with E-state index < -0.39 is 0 Å². The standard InChI is InChI=1S/C18H18N2O3S/c21-17(14-5-2-1-3-6-14)19-16(13-15-7-4-10-23-15)18(22)20-8-11-24-12-9-20/h1-7,10,13H,8-9,11-12H2,(H,19,21)/b16-13+. The van der Waals surface area contributed by atoms with Gasteiger partial charge in [-0.2, -0.15) is 11.8 Å². The van der Waals surface area contributed by atoms with Crippen molar-refractivity contribution in [3.63, 3.8) is 0 Å². The molecule has 1 saturated heterocycles. The van der Waals surface area contributed by atoms with Crippen LogP contribution in [0.2, 0.25) is 0 Å². The van der Waals surface area contributed by atoms with Crippen molar-refractivity contribution in [3.05, 3.63) is 65.7 Å². The molecular weight excluding hydrogens is 324 g/mol. The smallest absolute Gasteiger partial charge is 0.270 e. The van der Waals surface area contributed by atoms with Gasteiger partial charge >= 0.3 is 0 Å². The van der Waals surface area contributed by atoms with Crippen LogP contribution in [0.4, 0.5) is 0 Å². The molecule has 0 spiro atoms. The van der Waals surface area contributed by atoms with Crippen LogP contribution >= 0.6 is 11.8 Å². The summed E-state index contributed by atoms with van der Waals surface area (Å²) >= 11 is 1.82. The molecule has 24 heavy (non-hydrogen) atoms. The average Bonchev–Trinajstić information content (AvgIpc) is 3.15. The molecule has 0 unspecified atom stereocenters. The van der Waals surface area contributed by atoms with E-state index in [9.17, 15) is 9.59 Å². The van der Waals surface area contributed by atoms with Crippen molar-refractivity contribution in [2.45, 2.75) is 0 Å². The van der Waals surface area contributed by atoms with E-state index in [-0.39, 0.29) is 17.5 Å². The summed E-state index contributed by atoms with van der Waals surface area (Å²) in [5, 5.41) is 2.73. The Bertz CT molecular complexity index is 720. The minimum atomic E-state index is -0.312. The second-order valence-corrected chi connectivity index (χ2v) is 6.52. The molecule has 1 aliphatic rings. The van der Waals surface area contributed by atoms with E-state index in [1.165, 1.54) is 6.26 Å². The maximum atomic E-state index is 12.8. The van der Waals surface area contributed by atoms with Crippen molar-refractivity contribution in [2.75, 3.05) is 24.6 Å². The third-order valence-electron chi connectivity index (χ3n) is 3.64. The monoisotopic (exact) mass is 342 g/mol. The Balaban J connectivity index is 1.82. The number of thioether (sulfide) groups is 1. The second-order valence-electron chi connectivity index (χ2n) is 5.30. The van der Waals surface area contributed by atoms with E-state index in [4.69, 9.17) is 4.42 Å². The molecule has 1 N–H and O–H groups in total. The lowest BCUT2D eigenvalue weighted by atomic mass is 10.2. The lowest BCUT2D eigenvalue weighted by Gasteiger charge is -2.27. The van der Waals surface area contributed by atoms with Crippen LogP contribution < -0.4 is 5.32 Å². The minimum Gasteiger partial charge on any atom is -0.465 e. The molecule has 0 aliphatic carbocycles. The first kappa shape index (κ1) is 16.4. The van der Waals surface area contributed by atoms with Crippen molar-refractivity contribution < 1.29 is 14.0 Å². The van der Waals surface area contributed by atoms with Gasteiger partial charge in [-0.3, -0.25) is 9.59 Å². The summed E-state index contributed by atoms with van der Waals surface area (Å²) in [6.07, 6.45) is 3.11. The van der Waals surface area contributed by atoms with E-state index in [2.05, 4.69) is 5.32 Å². The largest absolute Gasteiger partial charge is 0.465 e. The van der Waals surface area contributed by atoms with Crippen LogP contribution in [0.1, 0.15) is 16.1 Å². The fraction of sp³-hybridized carbons (Fsp3) is 0.222. The van der Waals surface area contributed by atoms with Gasteiger partial charge in [0.1, 0.15) is 11.5 Å². The number of amides is 2. The quantitative estimate of drug-likeness (QED) is 0.868. The number of hydrogen-bond acceptors (Lipinski definition) is 4. The maximum absolute atomic E-state index is 12.8. The zero-order valence-corrected chi connectivity index (χ0v) is 13.9. The van der Waals surface area contributed by atoms with Gasteiger partial charge < -0.3 is 14.6 Å². The number of carbonyl (C=O) groups is 2. The molecule has 6 heteroatoms. The highest BCUT2D eigenvalue weighted by Gasteiger charge is 2.22. The first-order valence-corrected chi connectivity index (χ1v) is 8.88. The molecule has 1 aliphatic heterocycles. The van der Waals surface area contributed by atoms with Crippen molar-refractivity contribution in [3.8, 4) is 0 Å². The third-order valence-corrected chi connectivity index (χ3v) is 4.59.